The number of ether oxygens (including phenoxy) is 1. The highest BCUT2D eigenvalue weighted by atomic mass is 32.2. The van der Waals surface area contributed by atoms with Crippen molar-refractivity contribution in [1.29, 1.82) is 0 Å². The summed E-state index contributed by atoms with van der Waals surface area (Å²) in [5.41, 5.74) is 0. The van der Waals surface area contributed by atoms with Crippen LogP contribution in [0.3, 0.4) is 0 Å². The monoisotopic (exact) mass is 376 g/mol. The number of halogens is 2. The van der Waals surface area contributed by atoms with Gasteiger partial charge in [0.15, 0.2) is 18.2 Å². The van der Waals surface area contributed by atoms with E-state index in [1.807, 2.05) is 0 Å². The molecule has 0 atom stereocenters. The normalized spacial score (nSPS) is 11.3. The zero-order chi connectivity index (χ0) is 17.7. The zero-order valence-electron chi connectivity index (χ0n) is 12.5. The van der Waals surface area contributed by atoms with Crippen molar-refractivity contribution in [2.75, 3.05) is 13.7 Å². The minimum absolute atomic E-state index is 0.109. The number of carbonyl (C=O) groups is 1. The van der Waals surface area contributed by atoms with E-state index in [0.717, 1.165) is 23.5 Å². The highest BCUT2D eigenvalue weighted by Gasteiger charge is 2.14. The fourth-order valence-electron chi connectivity index (χ4n) is 1.67. The SMILES string of the molecule is CNS(=O)(=O)c1ccc(CNC(=O)COc2ccc(F)cc2F)s1. The first-order chi connectivity index (χ1) is 11.3. The Balaban J connectivity index is 1.85. The molecule has 1 heterocycles. The molecule has 0 saturated heterocycles. The molecular formula is C14H14F2N2O4S2. The van der Waals surface area contributed by atoms with E-state index in [9.17, 15) is 22.0 Å². The molecule has 2 rings (SSSR count). The quantitative estimate of drug-likeness (QED) is 0.769. The van der Waals surface area contributed by atoms with E-state index in [1.54, 1.807) is 6.07 Å². The molecule has 1 aromatic carbocycles. The van der Waals surface area contributed by atoms with Crippen LogP contribution in [0.5, 0.6) is 5.75 Å². The van der Waals surface area contributed by atoms with Crippen LogP contribution in [0.2, 0.25) is 0 Å². The molecule has 6 nitrogen and oxygen atoms in total. The van der Waals surface area contributed by atoms with Crippen molar-refractivity contribution in [1.82, 2.24) is 10.0 Å². The zero-order valence-corrected chi connectivity index (χ0v) is 14.1. The number of nitrogens with one attached hydrogen (secondary N) is 2. The molecule has 0 radical (unpaired) electrons. The standard InChI is InChI=1S/C14H14F2N2O4S2/c1-17-24(20,21)14-5-3-10(23-14)7-18-13(19)8-22-12-4-2-9(15)6-11(12)16/h2-6,17H,7-8H2,1H3,(H,18,19). The van der Waals surface area contributed by atoms with E-state index in [4.69, 9.17) is 4.74 Å². The number of sulfonamides is 1. The summed E-state index contributed by atoms with van der Waals surface area (Å²) in [6, 6.07) is 5.78. The Labute approximate surface area is 141 Å². The number of carbonyl (C=O) groups excluding carboxylic acids is 1. The van der Waals surface area contributed by atoms with Crippen molar-refractivity contribution in [3.8, 4) is 5.75 Å². The van der Waals surface area contributed by atoms with Crippen LogP contribution >= 0.6 is 11.3 Å². The van der Waals surface area contributed by atoms with Crippen LogP contribution in [-0.2, 0) is 21.4 Å². The largest absolute Gasteiger partial charge is 0.481 e. The van der Waals surface area contributed by atoms with Crippen LogP contribution in [0, 0.1) is 11.6 Å². The smallest absolute Gasteiger partial charge is 0.258 e. The molecule has 10 heteroatoms. The van der Waals surface area contributed by atoms with Crippen LogP contribution < -0.4 is 14.8 Å². The van der Waals surface area contributed by atoms with E-state index in [2.05, 4.69) is 10.0 Å². The summed E-state index contributed by atoms with van der Waals surface area (Å²) in [6.45, 7) is -0.340. The molecule has 2 aromatic rings. The van der Waals surface area contributed by atoms with Crippen LogP contribution in [0.25, 0.3) is 0 Å². The van der Waals surface area contributed by atoms with Gasteiger partial charge >= 0.3 is 0 Å². The lowest BCUT2D eigenvalue weighted by Gasteiger charge is -2.07. The molecule has 0 spiro atoms. The molecule has 0 aliphatic carbocycles. The number of hydrogen-bond acceptors (Lipinski definition) is 5. The third kappa shape index (κ3) is 4.73. The second-order valence-corrected chi connectivity index (χ2v) is 7.85. The van der Waals surface area contributed by atoms with E-state index < -0.39 is 34.2 Å². The first kappa shape index (κ1) is 18.3. The van der Waals surface area contributed by atoms with Crippen molar-refractivity contribution >= 4 is 27.3 Å². The van der Waals surface area contributed by atoms with Crippen LogP contribution in [0.1, 0.15) is 4.88 Å². The minimum atomic E-state index is -3.51. The highest BCUT2D eigenvalue weighted by Crippen LogP contribution is 2.21. The molecule has 0 aliphatic rings. The van der Waals surface area contributed by atoms with E-state index >= 15 is 0 Å². The van der Waals surface area contributed by atoms with Gasteiger partial charge in [-0.25, -0.2) is 21.9 Å². The molecule has 0 aliphatic heterocycles. The molecule has 24 heavy (non-hydrogen) atoms. The molecule has 0 unspecified atom stereocenters. The molecule has 1 aromatic heterocycles. The number of benzene rings is 1. The fraction of sp³-hybridized carbons (Fsp3) is 0.214. The van der Waals surface area contributed by atoms with Crippen molar-refractivity contribution in [3.63, 3.8) is 0 Å². The van der Waals surface area contributed by atoms with Gasteiger partial charge in [-0.15, -0.1) is 11.3 Å². The molecule has 0 bridgehead atoms. The number of thiophene rings is 1. The maximum atomic E-state index is 13.3. The summed E-state index contributed by atoms with van der Waals surface area (Å²) >= 11 is 1.02. The van der Waals surface area contributed by atoms with E-state index in [-0.39, 0.29) is 16.5 Å². The van der Waals surface area contributed by atoms with Gasteiger partial charge in [0.25, 0.3) is 5.91 Å². The van der Waals surface area contributed by atoms with Gasteiger partial charge in [0.2, 0.25) is 10.0 Å². The van der Waals surface area contributed by atoms with Gasteiger partial charge < -0.3 is 10.1 Å². The second kappa shape index (κ2) is 7.69. The summed E-state index contributed by atoms with van der Waals surface area (Å²) in [5.74, 6) is -2.40. The Morgan fingerprint density at radius 1 is 1.25 bits per heavy atom. The maximum absolute atomic E-state index is 13.3. The predicted octanol–water partition coefficient (Wildman–Crippen LogP) is 1.63. The summed E-state index contributed by atoms with van der Waals surface area (Å²) < 4.78 is 56.6. The van der Waals surface area contributed by atoms with Gasteiger partial charge in [0.1, 0.15) is 10.0 Å². The summed E-state index contributed by atoms with van der Waals surface area (Å²) in [4.78, 5) is 12.3. The first-order valence-electron chi connectivity index (χ1n) is 6.68. The van der Waals surface area contributed by atoms with Crippen molar-refractivity contribution in [2.24, 2.45) is 0 Å². The average Bonchev–Trinajstić information content (AvgIpc) is 3.02. The molecule has 1 amide bonds. The Hall–Kier alpha value is -2.04. The maximum Gasteiger partial charge on any atom is 0.258 e. The summed E-state index contributed by atoms with van der Waals surface area (Å²) in [6.07, 6.45) is 0. The van der Waals surface area contributed by atoms with Crippen LogP contribution in [0.15, 0.2) is 34.5 Å². The average molecular weight is 376 g/mol. The first-order valence-corrected chi connectivity index (χ1v) is 8.98. The highest BCUT2D eigenvalue weighted by molar-refractivity contribution is 7.91. The van der Waals surface area contributed by atoms with Crippen molar-refractivity contribution in [2.45, 2.75) is 10.8 Å². The lowest BCUT2D eigenvalue weighted by molar-refractivity contribution is -0.123. The van der Waals surface area contributed by atoms with Crippen molar-refractivity contribution < 1.29 is 26.7 Å². The number of hydrogen-bond donors (Lipinski definition) is 2. The topological polar surface area (TPSA) is 84.5 Å². The molecule has 2 N–H and O–H groups in total. The van der Waals surface area contributed by atoms with E-state index in [1.165, 1.54) is 13.1 Å². The molecule has 0 fully saturated rings. The van der Waals surface area contributed by atoms with Crippen LogP contribution in [0.4, 0.5) is 8.78 Å². The summed E-state index contributed by atoms with van der Waals surface area (Å²) in [5, 5.41) is 2.52. The van der Waals surface area contributed by atoms with Gasteiger partial charge in [0.05, 0.1) is 6.54 Å². The number of amides is 1. The predicted molar refractivity (Wildman–Crippen MR) is 84.3 cm³/mol. The van der Waals surface area contributed by atoms with Crippen molar-refractivity contribution in [3.05, 3.63) is 46.8 Å². The Morgan fingerprint density at radius 2 is 2.00 bits per heavy atom. The van der Waals surface area contributed by atoms with Gasteiger partial charge in [-0.05, 0) is 31.3 Å². The molecule has 0 saturated carbocycles. The lowest BCUT2D eigenvalue weighted by atomic mass is 10.3. The van der Waals surface area contributed by atoms with Crippen LogP contribution in [-0.4, -0.2) is 28.0 Å². The second-order valence-electron chi connectivity index (χ2n) is 4.57. The third-order valence-corrected chi connectivity index (χ3v) is 5.87. The third-order valence-electron chi connectivity index (χ3n) is 2.88. The summed E-state index contributed by atoms with van der Waals surface area (Å²) in [7, 11) is -2.20. The van der Waals surface area contributed by atoms with E-state index in [0.29, 0.717) is 10.9 Å². The minimum Gasteiger partial charge on any atom is -0.481 e. The Bertz CT molecular complexity index is 837. The lowest BCUT2D eigenvalue weighted by Crippen LogP contribution is -2.28. The number of rotatable bonds is 7. The van der Waals surface area contributed by atoms with Gasteiger partial charge in [-0.2, -0.15) is 0 Å². The van der Waals surface area contributed by atoms with Gasteiger partial charge in [-0.3, -0.25) is 4.79 Å². The van der Waals surface area contributed by atoms with Gasteiger partial charge in [-0.1, -0.05) is 0 Å². The molecular weight excluding hydrogens is 362 g/mol. The van der Waals surface area contributed by atoms with Gasteiger partial charge in [0, 0.05) is 10.9 Å². The Kier molecular flexibility index (Phi) is 5.86. The fourth-order valence-corrected chi connectivity index (χ4v) is 3.80. The Morgan fingerprint density at radius 3 is 2.67 bits per heavy atom. The molecule has 130 valence electrons.